The average Bonchev–Trinajstić information content (AvgIpc) is 2.77. The Kier molecular flexibility index (Phi) is 5.03. The first-order valence-electron chi connectivity index (χ1n) is 7.21. The van der Waals surface area contributed by atoms with E-state index in [9.17, 15) is 0 Å². The van der Waals surface area contributed by atoms with Gasteiger partial charge in [0.1, 0.15) is 0 Å². The number of ether oxygens (including phenoxy) is 1. The Labute approximate surface area is 124 Å². The predicted molar refractivity (Wildman–Crippen MR) is 80.2 cm³/mol. The Morgan fingerprint density at radius 1 is 1.53 bits per heavy atom. The third kappa shape index (κ3) is 3.03. The molecule has 2 heterocycles. The highest BCUT2D eigenvalue weighted by molar-refractivity contribution is 9.10. The number of aryl methyl sites for hydroxylation is 1. The second-order valence-corrected chi connectivity index (χ2v) is 6.16. The molecule has 1 aromatic rings. The molecule has 108 valence electrons. The topological polar surface area (TPSA) is 39.1 Å². The van der Waals surface area contributed by atoms with E-state index in [1.807, 2.05) is 6.20 Å². The Balaban J connectivity index is 2.35. The summed E-state index contributed by atoms with van der Waals surface area (Å²) in [6.45, 7) is 9.13. The highest BCUT2D eigenvalue weighted by atomic mass is 79.9. The van der Waals surface area contributed by atoms with Gasteiger partial charge in [-0.15, -0.1) is 0 Å². The van der Waals surface area contributed by atoms with Crippen LogP contribution in [0.5, 0.6) is 0 Å². The fourth-order valence-corrected chi connectivity index (χ4v) is 3.43. The summed E-state index contributed by atoms with van der Waals surface area (Å²) >= 11 is 3.64. The van der Waals surface area contributed by atoms with Crippen LogP contribution in [0.2, 0.25) is 0 Å². The fourth-order valence-electron chi connectivity index (χ4n) is 2.90. The first-order valence-corrected chi connectivity index (χ1v) is 8.00. The van der Waals surface area contributed by atoms with Crippen molar-refractivity contribution in [3.63, 3.8) is 0 Å². The molecule has 1 aliphatic rings. The van der Waals surface area contributed by atoms with E-state index in [2.05, 4.69) is 51.8 Å². The number of rotatable bonds is 5. The van der Waals surface area contributed by atoms with E-state index in [0.717, 1.165) is 30.6 Å². The Bertz CT molecular complexity index is 413. The molecule has 2 unspecified atom stereocenters. The van der Waals surface area contributed by atoms with E-state index < -0.39 is 0 Å². The lowest BCUT2D eigenvalue weighted by Crippen LogP contribution is -2.46. The summed E-state index contributed by atoms with van der Waals surface area (Å²) in [7, 11) is 0. The molecule has 0 aliphatic carbocycles. The quantitative estimate of drug-likeness (QED) is 0.901. The van der Waals surface area contributed by atoms with Crippen LogP contribution < -0.4 is 5.32 Å². The van der Waals surface area contributed by atoms with E-state index in [4.69, 9.17) is 4.74 Å². The van der Waals surface area contributed by atoms with E-state index in [-0.39, 0.29) is 11.6 Å². The zero-order valence-corrected chi connectivity index (χ0v) is 13.7. The van der Waals surface area contributed by atoms with Crippen LogP contribution in [0.15, 0.2) is 10.7 Å². The molecule has 5 heteroatoms. The second kappa shape index (κ2) is 6.37. The van der Waals surface area contributed by atoms with E-state index in [1.165, 1.54) is 18.5 Å². The van der Waals surface area contributed by atoms with Crippen molar-refractivity contribution in [2.45, 2.75) is 58.2 Å². The van der Waals surface area contributed by atoms with Gasteiger partial charge in [0, 0.05) is 13.2 Å². The van der Waals surface area contributed by atoms with Gasteiger partial charge in [-0.05, 0) is 55.6 Å². The molecule has 2 atom stereocenters. The number of halogens is 1. The number of hydrogen-bond donors (Lipinski definition) is 1. The molecule has 2 rings (SSSR count). The van der Waals surface area contributed by atoms with E-state index >= 15 is 0 Å². The van der Waals surface area contributed by atoms with Crippen LogP contribution in [0.1, 0.15) is 51.8 Å². The highest BCUT2D eigenvalue weighted by Gasteiger charge is 2.40. The van der Waals surface area contributed by atoms with Crippen molar-refractivity contribution in [1.82, 2.24) is 15.1 Å². The van der Waals surface area contributed by atoms with E-state index in [0.29, 0.717) is 0 Å². The van der Waals surface area contributed by atoms with Gasteiger partial charge in [0.05, 0.1) is 28.0 Å². The number of nitrogens with one attached hydrogen (secondary N) is 1. The van der Waals surface area contributed by atoms with Gasteiger partial charge < -0.3 is 10.1 Å². The lowest BCUT2D eigenvalue weighted by atomic mass is 9.86. The molecule has 1 fully saturated rings. The molecule has 1 aromatic heterocycles. The molecule has 0 amide bonds. The maximum Gasteiger partial charge on any atom is 0.0864 e. The summed E-state index contributed by atoms with van der Waals surface area (Å²) in [6, 6.07) is 0.176. The highest BCUT2D eigenvalue weighted by Crippen LogP contribution is 2.39. The molecule has 0 spiro atoms. The first-order chi connectivity index (χ1) is 9.12. The summed E-state index contributed by atoms with van der Waals surface area (Å²) in [5.74, 6) is 0. The normalized spacial score (nSPS) is 25.5. The van der Waals surface area contributed by atoms with Gasteiger partial charge in [0.25, 0.3) is 0 Å². The molecule has 4 nitrogen and oxygen atoms in total. The van der Waals surface area contributed by atoms with Crippen molar-refractivity contribution in [3.8, 4) is 0 Å². The maximum absolute atomic E-state index is 6.13. The van der Waals surface area contributed by atoms with Crippen molar-refractivity contribution in [2.75, 3.05) is 13.2 Å². The van der Waals surface area contributed by atoms with Crippen LogP contribution in [0, 0.1) is 0 Å². The number of hydrogen-bond acceptors (Lipinski definition) is 3. The van der Waals surface area contributed by atoms with Crippen LogP contribution in [-0.4, -0.2) is 28.5 Å². The van der Waals surface area contributed by atoms with Crippen molar-refractivity contribution in [3.05, 3.63) is 16.4 Å². The molecule has 0 saturated carbocycles. The smallest absolute Gasteiger partial charge is 0.0864 e. The van der Waals surface area contributed by atoms with Crippen LogP contribution >= 0.6 is 15.9 Å². The van der Waals surface area contributed by atoms with Gasteiger partial charge in [0.2, 0.25) is 0 Å². The van der Waals surface area contributed by atoms with Crippen LogP contribution in [0.3, 0.4) is 0 Å². The van der Waals surface area contributed by atoms with Gasteiger partial charge in [-0.25, -0.2) is 0 Å². The first kappa shape index (κ1) is 15.0. The SMILES string of the molecule is CCNC(c1c(Br)cnn1CC)C1(C)CCCCO1. The Morgan fingerprint density at radius 3 is 2.89 bits per heavy atom. The monoisotopic (exact) mass is 329 g/mol. The zero-order chi connectivity index (χ0) is 13.9. The van der Waals surface area contributed by atoms with Gasteiger partial charge in [-0.2, -0.15) is 5.10 Å². The molecule has 1 saturated heterocycles. The Morgan fingerprint density at radius 2 is 2.32 bits per heavy atom. The minimum absolute atomic E-state index is 0.149. The summed E-state index contributed by atoms with van der Waals surface area (Å²) in [4.78, 5) is 0. The second-order valence-electron chi connectivity index (χ2n) is 5.30. The molecular weight excluding hydrogens is 306 g/mol. The van der Waals surface area contributed by atoms with Crippen molar-refractivity contribution in [1.29, 1.82) is 0 Å². The van der Waals surface area contributed by atoms with Gasteiger partial charge in [0.15, 0.2) is 0 Å². The summed E-state index contributed by atoms with van der Waals surface area (Å²) < 4.78 is 9.26. The van der Waals surface area contributed by atoms with E-state index in [1.54, 1.807) is 0 Å². The number of aromatic nitrogens is 2. The third-order valence-corrected chi connectivity index (χ3v) is 4.54. The number of nitrogens with zero attached hydrogens (tertiary/aromatic N) is 2. The number of likely N-dealkylation sites (N-methyl/N-ethyl adjacent to an activating group) is 1. The summed E-state index contributed by atoms with van der Waals surface area (Å²) in [5.41, 5.74) is 1.05. The fraction of sp³-hybridized carbons (Fsp3) is 0.786. The molecule has 0 aromatic carbocycles. The molecule has 0 radical (unpaired) electrons. The van der Waals surface area contributed by atoms with Crippen LogP contribution in [-0.2, 0) is 11.3 Å². The summed E-state index contributed by atoms with van der Waals surface area (Å²) in [6.07, 6.45) is 5.38. The molecule has 1 N–H and O–H groups in total. The molecule has 19 heavy (non-hydrogen) atoms. The van der Waals surface area contributed by atoms with Crippen molar-refractivity contribution < 1.29 is 4.74 Å². The van der Waals surface area contributed by atoms with Crippen molar-refractivity contribution in [2.24, 2.45) is 0 Å². The maximum atomic E-state index is 6.13. The minimum Gasteiger partial charge on any atom is -0.373 e. The molecule has 0 bridgehead atoms. The third-order valence-electron chi connectivity index (χ3n) is 3.92. The minimum atomic E-state index is -0.149. The van der Waals surface area contributed by atoms with Gasteiger partial charge >= 0.3 is 0 Å². The van der Waals surface area contributed by atoms with Crippen LogP contribution in [0.25, 0.3) is 0 Å². The lowest BCUT2D eigenvalue weighted by molar-refractivity contribution is -0.0912. The molecule has 1 aliphatic heterocycles. The predicted octanol–water partition coefficient (Wildman–Crippen LogP) is 3.28. The largest absolute Gasteiger partial charge is 0.373 e. The van der Waals surface area contributed by atoms with Crippen LogP contribution in [0.4, 0.5) is 0 Å². The average molecular weight is 330 g/mol. The standard InChI is InChI=1S/C14H24BrN3O/c1-4-16-13(14(3)8-6-7-9-19-14)12-11(15)10-17-18(12)5-2/h10,13,16H,4-9H2,1-3H3. The lowest BCUT2D eigenvalue weighted by Gasteiger charge is -2.41. The molecular formula is C14H24BrN3O. The van der Waals surface area contributed by atoms with Gasteiger partial charge in [-0.1, -0.05) is 6.92 Å². The van der Waals surface area contributed by atoms with Gasteiger partial charge in [-0.3, -0.25) is 4.68 Å². The zero-order valence-electron chi connectivity index (χ0n) is 12.1. The van der Waals surface area contributed by atoms with Crippen molar-refractivity contribution >= 4 is 15.9 Å². The Hall–Kier alpha value is -0.390. The summed E-state index contributed by atoms with van der Waals surface area (Å²) in [5, 5.41) is 8.03.